The van der Waals surface area contributed by atoms with Crippen LogP contribution in [-0.2, 0) is 16.8 Å². The van der Waals surface area contributed by atoms with E-state index in [0.717, 1.165) is 41.3 Å². The molecule has 6 heteroatoms. The minimum absolute atomic E-state index is 0.165. The maximum atomic E-state index is 13.8. The largest absolute Gasteiger partial charge is 0.341 e. The first-order valence-corrected chi connectivity index (χ1v) is 12.8. The highest BCUT2D eigenvalue weighted by Crippen LogP contribution is 2.31. The molecule has 0 atom stereocenters. The molecule has 35 heavy (non-hydrogen) atoms. The highest BCUT2D eigenvalue weighted by Gasteiger charge is 2.34. The fourth-order valence-corrected chi connectivity index (χ4v) is 4.78. The Morgan fingerprint density at radius 1 is 1.03 bits per heavy atom. The molecule has 0 aliphatic rings. The standard InChI is InChI=1S/C29H43N5O/c1-19(2)17-33(18-20(3)4)27(35)29(7,8)23-9-10-25-26(16-23)34(12-11-30)28(32-25)31-24-14-21(5)13-22(6)15-24/h9-10,13-16,19-20H,11-12,17-18,30H2,1-8H3,(H,31,32). The van der Waals surface area contributed by atoms with Crippen molar-refractivity contribution < 1.29 is 4.79 Å². The van der Waals surface area contributed by atoms with Gasteiger partial charge in [0.1, 0.15) is 0 Å². The van der Waals surface area contributed by atoms with E-state index in [9.17, 15) is 4.79 Å². The number of nitrogens with two attached hydrogens (primary N) is 1. The first-order chi connectivity index (χ1) is 16.4. The lowest BCUT2D eigenvalue weighted by molar-refractivity contribution is -0.137. The van der Waals surface area contributed by atoms with Gasteiger partial charge in [-0.1, -0.05) is 39.8 Å². The molecule has 190 valence electrons. The van der Waals surface area contributed by atoms with Gasteiger partial charge in [0.2, 0.25) is 11.9 Å². The molecule has 0 fully saturated rings. The smallest absolute Gasteiger partial charge is 0.232 e. The van der Waals surface area contributed by atoms with Crippen molar-refractivity contribution in [2.75, 3.05) is 25.0 Å². The Labute approximate surface area is 210 Å². The number of fused-ring (bicyclic) bond motifs is 1. The molecule has 6 nitrogen and oxygen atoms in total. The first-order valence-electron chi connectivity index (χ1n) is 12.8. The Kier molecular flexibility index (Phi) is 8.26. The zero-order valence-corrected chi connectivity index (χ0v) is 22.8. The third-order valence-corrected chi connectivity index (χ3v) is 6.29. The Morgan fingerprint density at radius 3 is 2.17 bits per heavy atom. The number of nitrogens with zero attached hydrogens (tertiary/aromatic N) is 3. The van der Waals surface area contributed by atoms with Gasteiger partial charge in [-0.3, -0.25) is 4.79 Å². The number of anilines is 2. The molecule has 3 N–H and O–H groups in total. The van der Waals surface area contributed by atoms with E-state index in [1.54, 1.807) is 0 Å². The van der Waals surface area contributed by atoms with Gasteiger partial charge in [0.05, 0.1) is 16.4 Å². The molecule has 1 amide bonds. The third-order valence-electron chi connectivity index (χ3n) is 6.29. The van der Waals surface area contributed by atoms with Crippen LogP contribution in [0.1, 0.15) is 58.2 Å². The molecule has 0 saturated carbocycles. The van der Waals surface area contributed by atoms with Crippen LogP contribution in [0.2, 0.25) is 0 Å². The second kappa shape index (κ2) is 10.8. The molecule has 0 spiro atoms. The predicted octanol–water partition coefficient (Wildman–Crippen LogP) is 5.77. The van der Waals surface area contributed by atoms with E-state index in [4.69, 9.17) is 10.7 Å². The van der Waals surface area contributed by atoms with Gasteiger partial charge in [0.15, 0.2) is 0 Å². The van der Waals surface area contributed by atoms with Gasteiger partial charge >= 0.3 is 0 Å². The number of hydrogen-bond donors (Lipinski definition) is 2. The molecule has 0 unspecified atom stereocenters. The van der Waals surface area contributed by atoms with Crippen molar-refractivity contribution in [1.82, 2.24) is 14.5 Å². The fourth-order valence-electron chi connectivity index (χ4n) is 4.78. The molecular formula is C29H43N5O. The van der Waals surface area contributed by atoms with Gasteiger partial charge < -0.3 is 20.5 Å². The molecule has 0 saturated heterocycles. The van der Waals surface area contributed by atoms with Crippen LogP contribution in [-0.4, -0.2) is 40.0 Å². The summed E-state index contributed by atoms with van der Waals surface area (Å²) in [7, 11) is 0. The lowest BCUT2D eigenvalue weighted by atomic mass is 9.82. The van der Waals surface area contributed by atoms with Crippen LogP contribution in [0.4, 0.5) is 11.6 Å². The lowest BCUT2D eigenvalue weighted by Gasteiger charge is -2.34. The molecule has 3 aromatic rings. The van der Waals surface area contributed by atoms with Crippen LogP contribution in [0, 0.1) is 25.7 Å². The number of rotatable bonds is 10. The van der Waals surface area contributed by atoms with Crippen molar-refractivity contribution in [3.63, 3.8) is 0 Å². The van der Waals surface area contributed by atoms with Crippen molar-refractivity contribution >= 4 is 28.6 Å². The molecule has 0 bridgehead atoms. The number of carbonyl (C=O) groups excluding carboxylic acids is 1. The summed E-state index contributed by atoms with van der Waals surface area (Å²) in [4.78, 5) is 20.7. The van der Waals surface area contributed by atoms with Gasteiger partial charge in [0, 0.05) is 31.9 Å². The zero-order chi connectivity index (χ0) is 25.9. The lowest BCUT2D eigenvalue weighted by Crippen LogP contribution is -2.46. The number of nitrogens with one attached hydrogen (secondary N) is 1. The highest BCUT2D eigenvalue weighted by atomic mass is 16.2. The zero-order valence-electron chi connectivity index (χ0n) is 22.8. The van der Waals surface area contributed by atoms with Crippen LogP contribution in [0.25, 0.3) is 11.0 Å². The van der Waals surface area contributed by atoms with E-state index < -0.39 is 5.41 Å². The Bertz CT molecular complexity index is 1150. The van der Waals surface area contributed by atoms with Crippen LogP contribution >= 0.6 is 0 Å². The van der Waals surface area contributed by atoms with Crippen LogP contribution in [0.3, 0.4) is 0 Å². The van der Waals surface area contributed by atoms with Crippen LogP contribution < -0.4 is 11.1 Å². The topological polar surface area (TPSA) is 76.2 Å². The summed E-state index contributed by atoms with van der Waals surface area (Å²) in [6, 6.07) is 12.6. The van der Waals surface area contributed by atoms with Crippen molar-refractivity contribution in [2.45, 2.75) is 67.3 Å². The molecule has 2 aromatic carbocycles. The van der Waals surface area contributed by atoms with Crippen molar-refractivity contribution in [3.05, 3.63) is 53.1 Å². The van der Waals surface area contributed by atoms with Crippen LogP contribution in [0.15, 0.2) is 36.4 Å². The number of aromatic nitrogens is 2. The van der Waals surface area contributed by atoms with Crippen molar-refractivity contribution in [1.29, 1.82) is 0 Å². The first kappa shape index (κ1) is 26.7. The number of benzene rings is 2. The molecule has 0 radical (unpaired) electrons. The number of imidazole rings is 1. The van der Waals surface area contributed by atoms with Gasteiger partial charge in [-0.25, -0.2) is 4.98 Å². The van der Waals surface area contributed by atoms with Gasteiger partial charge in [-0.05, 0) is 80.5 Å². The van der Waals surface area contributed by atoms with Crippen molar-refractivity contribution in [3.8, 4) is 0 Å². The summed E-state index contributed by atoms with van der Waals surface area (Å²) < 4.78 is 2.12. The minimum atomic E-state index is -0.656. The van der Waals surface area contributed by atoms with E-state index in [1.807, 2.05) is 30.9 Å². The van der Waals surface area contributed by atoms with Crippen LogP contribution in [0.5, 0.6) is 0 Å². The molecular weight excluding hydrogens is 434 g/mol. The number of carbonyl (C=O) groups is 1. The SMILES string of the molecule is Cc1cc(C)cc(Nc2nc3ccc(C(C)(C)C(=O)N(CC(C)C)CC(C)C)cc3n2CCN)c1. The van der Waals surface area contributed by atoms with Gasteiger partial charge in [-0.2, -0.15) is 0 Å². The van der Waals surface area contributed by atoms with E-state index in [-0.39, 0.29) is 5.91 Å². The molecule has 0 aliphatic carbocycles. The average Bonchev–Trinajstić information content (AvgIpc) is 3.08. The number of aryl methyl sites for hydroxylation is 2. The molecule has 1 aromatic heterocycles. The summed E-state index contributed by atoms with van der Waals surface area (Å²) in [6.07, 6.45) is 0. The fraction of sp³-hybridized carbons (Fsp3) is 0.517. The second-order valence-electron chi connectivity index (χ2n) is 11.2. The van der Waals surface area contributed by atoms with E-state index >= 15 is 0 Å². The summed E-state index contributed by atoms with van der Waals surface area (Å²) >= 11 is 0. The maximum Gasteiger partial charge on any atom is 0.232 e. The van der Waals surface area contributed by atoms with Gasteiger partial charge in [-0.15, -0.1) is 0 Å². The summed E-state index contributed by atoms with van der Waals surface area (Å²) in [5.41, 5.74) is 11.6. The summed E-state index contributed by atoms with van der Waals surface area (Å²) in [6.45, 7) is 19.5. The number of hydrogen-bond acceptors (Lipinski definition) is 4. The third kappa shape index (κ3) is 6.23. The highest BCUT2D eigenvalue weighted by molar-refractivity contribution is 5.89. The monoisotopic (exact) mass is 477 g/mol. The maximum absolute atomic E-state index is 13.8. The average molecular weight is 478 g/mol. The summed E-state index contributed by atoms with van der Waals surface area (Å²) in [5, 5.41) is 3.49. The predicted molar refractivity (Wildman–Crippen MR) is 147 cm³/mol. The Balaban J connectivity index is 2.02. The summed E-state index contributed by atoms with van der Waals surface area (Å²) in [5.74, 6) is 1.76. The minimum Gasteiger partial charge on any atom is -0.341 e. The van der Waals surface area contributed by atoms with Gasteiger partial charge in [0.25, 0.3) is 0 Å². The Hall–Kier alpha value is -2.86. The quantitative estimate of drug-likeness (QED) is 0.388. The van der Waals surface area contributed by atoms with E-state index in [1.165, 1.54) is 11.1 Å². The second-order valence-corrected chi connectivity index (χ2v) is 11.2. The number of amides is 1. The van der Waals surface area contributed by atoms with E-state index in [0.29, 0.717) is 24.9 Å². The van der Waals surface area contributed by atoms with Crippen molar-refractivity contribution in [2.24, 2.45) is 17.6 Å². The molecule has 1 heterocycles. The Morgan fingerprint density at radius 2 is 1.63 bits per heavy atom. The van der Waals surface area contributed by atoms with E-state index in [2.05, 4.69) is 75.7 Å². The molecule has 3 rings (SSSR count). The normalized spacial score (nSPS) is 12.1. The molecule has 0 aliphatic heterocycles.